The van der Waals surface area contributed by atoms with E-state index in [0.29, 0.717) is 26.4 Å². The van der Waals surface area contributed by atoms with E-state index in [9.17, 15) is 4.79 Å². The Hall–Kier alpha value is -2.37. The molecule has 4 rings (SSSR count). The lowest BCUT2D eigenvalue weighted by Gasteiger charge is -2.22. The molecule has 2 aliphatic heterocycles. The number of rotatable bonds is 5. The summed E-state index contributed by atoms with van der Waals surface area (Å²) < 4.78 is 17.3. The van der Waals surface area contributed by atoms with Crippen LogP contribution in [0.3, 0.4) is 0 Å². The molecule has 0 radical (unpaired) electrons. The topological polar surface area (TPSA) is 48.0 Å². The van der Waals surface area contributed by atoms with Gasteiger partial charge in [-0.2, -0.15) is 0 Å². The summed E-state index contributed by atoms with van der Waals surface area (Å²) in [6.45, 7) is 6.03. The van der Waals surface area contributed by atoms with Gasteiger partial charge in [0.25, 0.3) is 11.7 Å². The zero-order valence-electron chi connectivity index (χ0n) is 15.2. The third kappa shape index (κ3) is 2.87. The molecule has 26 heavy (non-hydrogen) atoms. The van der Waals surface area contributed by atoms with E-state index in [1.165, 1.54) is 5.56 Å². The highest BCUT2D eigenvalue weighted by Gasteiger charge is 2.55. The van der Waals surface area contributed by atoms with Crippen molar-refractivity contribution in [3.63, 3.8) is 0 Å². The van der Waals surface area contributed by atoms with Gasteiger partial charge in [-0.3, -0.25) is 4.79 Å². The van der Waals surface area contributed by atoms with E-state index in [0.717, 1.165) is 29.0 Å². The third-order valence-corrected chi connectivity index (χ3v) is 4.83. The number of benzene rings is 2. The maximum absolute atomic E-state index is 13.0. The minimum atomic E-state index is -1.25. The average Bonchev–Trinajstić information content (AvgIpc) is 3.21. The van der Waals surface area contributed by atoms with Gasteiger partial charge in [-0.05, 0) is 44.5 Å². The van der Waals surface area contributed by atoms with E-state index in [-0.39, 0.29) is 5.91 Å². The van der Waals surface area contributed by atoms with Crippen LogP contribution in [0.2, 0.25) is 0 Å². The van der Waals surface area contributed by atoms with Crippen molar-refractivity contribution < 1.29 is 19.0 Å². The molecular weight excluding hydrogens is 330 g/mol. The van der Waals surface area contributed by atoms with E-state index >= 15 is 0 Å². The molecule has 2 heterocycles. The Bertz CT molecular complexity index is 809. The van der Waals surface area contributed by atoms with Crippen LogP contribution in [0.5, 0.6) is 5.75 Å². The molecule has 0 aromatic heterocycles. The van der Waals surface area contributed by atoms with Crippen LogP contribution in [0.15, 0.2) is 42.5 Å². The number of nitrogens with zero attached hydrogens (tertiary/aromatic N) is 1. The Kier molecular flexibility index (Phi) is 4.42. The van der Waals surface area contributed by atoms with Gasteiger partial charge < -0.3 is 19.1 Å². The standard InChI is InChI=1S/C21H23NO4/c1-15-4-7-17(8-5-15)24-11-3-10-22-19-9-6-16(2)14-18(19)21(20(22)23)25-12-13-26-21/h4-9,14H,3,10-13H2,1-2H3. The summed E-state index contributed by atoms with van der Waals surface area (Å²) in [5.41, 5.74) is 3.98. The molecule has 1 saturated heterocycles. The first-order valence-corrected chi connectivity index (χ1v) is 9.01. The van der Waals surface area contributed by atoms with Crippen LogP contribution < -0.4 is 9.64 Å². The molecule has 2 aromatic rings. The van der Waals surface area contributed by atoms with E-state index in [2.05, 4.69) is 0 Å². The second kappa shape index (κ2) is 6.74. The van der Waals surface area contributed by atoms with Crippen LogP contribution in [0.4, 0.5) is 5.69 Å². The number of hydrogen-bond donors (Lipinski definition) is 0. The lowest BCUT2D eigenvalue weighted by atomic mass is 10.0. The molecule has 2 aliphatic rings. The van der Waals surface area contributed by atoms with E-state index in [4.69, 9.17) is 14.2 Å². The van der Waals surface area contributed by atoms with Crippen molar-refractivity contribution >= 4 is 11.6 Å². The molecule has 1 amide bonds. The summed E-state index contributed by atoms with van der Waals surface area (Å²) in [5.74, 6) is -0.539. The first-order chi connectivity index (χ1) is 12.6. The van der Waals surface area contributed by atoms with Crippen molar-refractivity contribution in [2.24, 2.45) is 0 Å². The largest absolute Gasteiger partial charge is 0.494 e. The Labute approximate surface area is 153 Å². The Morgan fingerprint density at radius 3 is 2.46 bits per heavy atom. The van der Waals surface area contributed by atoms with Gasteiger partial charge in [-0.1, -0.05) is 29.3 Å². The normalized spacial score (nSPS) is 17.8. The molecule has 0 saturated carbocycles. The molecule has 0 N–H and O–H groups in total. The fraction of sp³-hybridized carbons (Fsp3) is 0.381. The van der Waals surface area contributed by atoms with E-state index in [1.54, 1.807) is 4.90 Å². The van der Waals surface area contributed by atoms with Gasteiger partial charge in [0, 0.05) is 12.1 Å². The summed E-state index contributed by atoms with van der Waals surface area (Å²) in [6, 6.07) is 13.9. The average molecular weight is 353 g/mol. The van der Waals surface area contributed by atoms with Gasteiger partial charge >= 0.3 is 0 Å². The molecule has 136 valence electrons. The molecule has 1 fully saturated rings. The fourth-order valence-corrected chi connectivity index (χ4v) is 3.51. The lowest BCUT2D eigenvalue weighted by Crippen LogP contribution is -2.41. The molecule has 5 heteroatoms. The monoisotopic (exact) mass is 353 g/mol. The SMILES string of the molecule is Cc1ccc(OCCCN2C(=O)C3(OCCO3)c3cc(C)ccc32)cc1. The highest BCUT2D eigenvalue weighted by atomic mass is 16.7. The molecule has 5 nitrogen and oxygen atoms in total. The van der Waals surface area contributed by atoms with Crippen LogP contribution in [-0.4, -0.2) is 32.3 Å². The number of aryl methyl sites for hydroxylation is 2. The maximum atomic E-state index is 13.0. The quantitative estimate of drug-likeness (QED) is 0.774. The molecule has 2 aromatic carbocycles. The third-order valence-electron chi connectivity index (χ3n) is 4.83. The second-order valence-corrected chi connectivity index (χ2v) is 6.81. The van der Waals surface area contributed by atoms with Gasteiger partial charge in [0.2, 0.25) is 0 Å². The van der Waals surface area contributed by atoms with Crippen LogP contribution in [-0.2, 0) is 20.1 Å². The highest BCUT2D eigenvalue weighted by Crippen LogP contribution is 2.46. The summed E-state index contributed by atoms with van der Waals surface area (Å²) in [5, 5.41) is 0. The maximum Gasteiger partial charge on any atom is 0.292 e. The first-order valence-electron chi connectivity index (χ1n) is 9.01. The van der Waals surface area contributed by atoms with Crippen molar-refractivity contribution in [3.8, 4) is 5.75 Å². The van der Waals surface area contributed by atoms with Crippen LogP contribution in [0, 0.1) is 13.8 Å². The number of fused-ring (bicyclic) bond motifs is 2. The van der Waals surface area contributed by atoms with Gasteiger partial charge in [-0.15, -0.1) is 0 Å². The summed E-state index contributed by atoms with van der Waals surface area (Å²) >= 11 is 0. The Morgan fingerprint density at radius 2 is 1.73 bits per heavy atom. The zero-order chi connectivity index (χ0) is 18.1. The number of amides is 1. The van der Waals surface area contributed by atoms with Crippen molar-refractivity contribution in [2.45, 2.75) is 26.1 Å². The number of anilines is 1. The van der Waals surface area contributed by atoms with E-state index in [1.807, 2.05) is 56.3 Å². The minimum absolute atomic E-state index is 0.133. The van der Waals surface area contributed by atoms with Crippen LogP contribution in [0.25, 0.3) is 0 Å². The predicted octanol–water partition coefficient (Wildman–Crippen LogP) is 3.32. The number of hydrogen-bond acceptors (Lipinski definition) is 4. The minimum Gasteiger partial charge on any atom is -0.494 e. The van der Waals surface area contributed by atoms with Crippen molar-refractivity contribution in [2.75, 3.05) is 31.3 Å². The molecule has 0 atom stereocenters. The van der Waals surface area contributed by atoms with Gasteiger partial charge in [0.1, 0.15) is 5.75 Å². The van der Waals surface area contributed by atoms with Crippen LogP contribution in [0.1, 0.15) is 23.1 Å². The molecule has 0 bridgehead atoms. The molecular formula is C21H23NO4. The molecule has 0 unspecified atom stereocenters. The number of carbonyl (C=O) groups is 1. The van der Waals surface area contributed by atoms with Gasteiger partial charge in [0.05, 0.1) is 25.5 Å². The predicted molar refractivity (Wildman–Crippen MR) is 98.4 cm³/mol. The van der Waals surface area contributed by atoms with Crippen LogP contribution >= 0.6 is 0 Å². The fourth-order valence-electron chi connectivity index (χ4n) is 3.51. The lowest BCUT2D eigenvalue weighted by molar-refractivity contribution is -0.180. The Morgan fingerprint density at radius 1 is 1.04 bits per heavy atom. The van der Waals surface area contributed by atoms with E-state index < -0.39 is 5.79 Å². The second-order valence-electron chi connectivity index (χ2n) is 6.81. The van der Waals surface area contributed by atoms with Crippen molar-refractivity contribution in [3.05, 3.63) is 59.2 Å². The number of carbonyl (C=O) groups excluding carboxylic acids is 1. The Balaban J connectivity index is 1.45. The summed E-state index contributed by atoms with van der Waals surface area (Å²) in [4.78, 5) is 14.8. The summed E-state index contributed by atoms with van der Waals surface area (Å²) in [7, 11) is 0. The molecule has 0 aliphatic carbocycles. The highest BCUT2D eigenvalue weighted by molar-refractivity contribution is 6.06. The number of ether oxygens (including phenoxy) is 3. The van der Waals surface area contributed by atoms with Gasteiger partial charge in [-0.25, -0.2) is 0 Å². The smallest absolute Gasteiger partial charge is 0.292 e. The van der Waals surface area contributed by atoms with Crippen molar-refractivity contribution in [1.29, 1.82) is 0 Å². The first kappa shape index (κ1) is 17.1. The van der Waals surface area contributed by atoms with Crippen molar-refractivity contribution in [1.82, 2.24) is 0 Å². The summed E-state index contributed by atoms with van der Waals surface area (Å²) in [6.07, 6.45) is 0.725. The zero-order valence-corrected chi connectivity index (χ0v) is 15.2. The molecule has 1 spiro atoms. The van der Waals surface area contributed by atoms with Gasteiger partial charge in [0.15, 0.2) is 0 Å².